The highest BCUT2D eigenvalue weighted by Crippen LogP contribution is 2.50. The molecule has 0 spiro atoms. The molecule has 125 heavy (non-hydrogen) atoms. The van der Waals surface area contributed by atoms with Crippen LogP contribution in [0.4, 0.5) is 0 Å². The van der Waals surface area contributed by atoms with E-state index < -0.39 is 0 Å². The van der Waals surface area contributed by atoms with E-state index in [1.807, 2.05) is 18.5 Å². The SMILES string of the molecule is c1ccc(-c2c3ccccc3c(-c3ccc4c(c3)c3ccccc3n4-c3ccc4ccccc4c3)c3ccccc23)cc1.c1ccc(-c2c3ccccc3c(-c3ccc4c(c3)c3ccccc3n4-c3cccc4ccccc34)c3ccccc23)cc1.c1ccc(-c2c3ccccc3c(-c3ccc4c(c3)c3ccccc3n4-c3cccnc3)c3ccccc23)cc1. The molecule has 0 amide bonds. The second-order valence-electron chi connectivity index (χ2n) is 32.6. The molecular formula is C121H78N4. The molecular weight excluding hydrogens is 1510 g/mol. The summed E-state index contributed by atoms with van der Waals surface area (Å²) in [6, 6.07) is 168. The number of para-hydroxylation sites is 3. The fourth-order valence-corrected chi connectivity index (χ4v) is 20.5. The molecule has 0 saturated heterocycles. The summed E-state index contributed by atoms with van der Waals surface area (Å²) in [6.07, 6.45) is 3.76. The van der Waals surface area contributed by atoms with Crippen molar-refractivity contribution in [3.8, 4) is 83.8 Å². The van der Waals surface area contributed by atoms with Gasteiger partial charge in [-0.25, -0.2) is 0 Å². The zero-order valence-electron chi connectivity index (χ0n) is 68.3. The Morgan fingerprint density at radius 2 is 0.424 bits per heavy atom. The first-order valence-corrected chi connectivity index (χ1v) is 43.1. The van der Waals surface area contributed by atoms with Crippen molar-refractivity contribution in [1.29, 1.82) is 0 Å². The monoisotopic (exact) mass is 1590 g/mol. The second kappa shape index (κ2) is 30.3. The van der Waals surface area contributed by atoms with Gasteiger partial charge in [0, 0.05) is 49.6 Å². The van der Waals surface area contributed by atoms with Gasteiger partial charge in [-0.3, -0.25) is 4.98 Å². The minimum absolute atomic E-state index is 1.07. The van der Waals surface area contributed by atoms with Crippen LogP contribution in [0.25, 0.3) is 235 Å². The van der Waals surface area contributed by atoms with E-state index in [0.29, 0.717) is 0 Å². The largest absolute Gasteiger partial charge is 0.309 e. The summed E-state index contributed by atoms with van der Waals surface area (Å²) in [5.41, 5.74) is 25.9. The average Bonchev–Trinajstić information content (AvgIpc) is 1.69. The molecule has 4 heteroatoms. The Balaban J connectivity index is 0.000000105. The molecule has 0 radical (unpaired) electrons. The van der Waals surface area contributed by atoms with Gasteiger partial charge in [0.05, 0.1) is 50.7 Å². The van der Waals surface area contributed by atoms with Crippen molar-refractivity contribution in [2.24, 2.45) is 0 Å². The minimum Gasteiger partial charge on any atom is -0.309 e. The van der Waals surface area contributed by atoms with E-state index in [4.69, 9.17) is 0 Å². The molecule has 0 aliphatic heterocycles. The summed E-state index contributed by atoms with van der Waals surface area (Å²) >= 11 is 0. The molecule has 4 heterocycles. The van der Waals surface area contributed by atoms with Gasteiger partial charge in [0.1, 0.15) is 0 Å². The molecule has 26 aromatic rings. The highest BCUT2D eigenvalue weighted by molar-refractivity contribution is 6.26. The van der Waals surface area contributed by atoms with Gasteiger partial charge in [0.25, 0.3) is 0 Å². The summed E-state index contributed by atoms with van der Waals surface area (Å²) in [6.45, 7) is 0. The van der Waals surface area contributed by atoms with Crippen molar-refractivity contribution in [2.45, 2.75) is 0 Å². The van der Waals surface area contributed by atoms with Crippen LogP contribution in [0.3, 0.4) is 0 Å². The minimum atomic E-state index is 1.07. The van der Waals surface area contributed by atoms with E-state index in [1.54, 1.807) is 0 Å². The Morgan fingerprint density at radius 3 is 0.792 bits per heavy atom. The lowest BCUT2D eigenvalue weighted by molar-refractivity contribution is 1.14. The van der Waals surface area contributed by atoms with Gasteiger partial charge in [-0.1, -0.05) is 376 Å². The first-order chi connectivity index (χ1) is 62.1. The van der Waals surface area contributed by atoms with Crippen molar-refractivity contribution in [2.75, 3.05) is 0 Å². The molecule has 0 fully saturated rings. The summed E-state index contributed by atoms with van der Waals surface area (Å²) in [7, 11) is 0. The van der Waals surface area contributed by atoms with Gasteiger partial charge in [-0.15, -0.1) is 0 Å². The second-order valence-corrected chi connectivity index (χ2v) is 32.6. The Morgan fingerprint density at radius 1 is 0.144 bits per heavy atom. The molecule has 0 aliphatic carbocycles. The van der Waals surface area contributed by atoms with E-state index in [0.717, 1.165) is 5.69 Å². The molecule has 0 atom stereocenters. The van der Waals surface area contributed by atoms with Crippen LogP contribution in [0.2, 0.25) is 0 Å². The van der Waals surface area contributed by atoms with E-state index in [9.17, 15) is 0 Å². The van der Waals surface area contributed by atoms with E-state index in [1.165, 1.54) is 230 Å². The summed E-state index contributed by atoms with van der Waals surface area (Å²) in [4.78, 5) is 4.40. The van der Waals surface area contributed by atoms with E-state index >= 15 is 0 Å². The molecule has 0 saturated carbocycles. The van der Waals surface area contributed by atoms with Crippen LogP contribution < -0.4 is 0 Å². The lowest BCUT2D eigenvalue weighted by Crippen LogP contribution is -1.95. The highest BCUT2D eigenvalue weighted by Gasteiger charge is 2.25. The Labute approximate surface area is 722 Å². The van der Waals surface area contributed by atoms with Gasteiger partial charge in [0.15, 0.2) is 0 Å². The fourth-order valence-electron chi connectivity index (χ4n) is 20.5. The standard InChI is InChI=1S/2C42H27N.C37H24N2/c1-2-14-29(15-3-1)41-33-19-6-8-21-35(33)42(36-22-9-7-20-34(36)41)30-25-26-40-37(27-30)32-18-10-11-23-39(32)43(40)38-24-12-16-28-13-4-5-17-31(28)38;1-2-13-29(14-3-1)41-34-17-6-8-19-36(34)42(37-20-9-7-18-35(37)41)31-23-25-40-38(27-31)33-16-10-11-21-39(33)43(40)32-24-22-28-12-4-5-15-30(28)26-32;1-2-11-25(12-3-1)36-29-15-4-6-17-31(29)37(32-18-7-5-16-30(32)36)26-20-21-35-33(23-26)28-14-8-9-19-34(28)39(35)27-13-10-22-38-24-27/h2*1-27H;1-24H. The first-order valence-electron chi connectivity index (χ1n) is 43.1. The number of pyridine rings is 1. The quantitative estimate of drug-likeness (QED) is 0.132. The van der Waals surface area contributed by atoms with Crippen LogP contribution >= 0.6 is 0 Å². The number of hydrogen-bond acceptors (Lipinski definition) is 1. The van der Waals surface area contributed by atoms with Crippen LogP contribution in [0, 0.1) is 0 Å². The molecule has 4 nitrogen and oxygen atoms in total. The maximum atomic E-state index is 4.40. The maximum absolute atomic E-state index is 4.40. The van der Waals surface area contributed by atoms with Crippen LogP contribution in [0.1, 0.15) is 0 Å². The Hall–Kier alpha value is -16.5. The third kappa shape index (κ3) is 12.1. The van der Waals surface area contributed by atoms with Crippen LogP contribution in [0.15, 0.2) is 473 Å². The molecule has 4 aromatic heterocycles. The van der Waals surface area contributed by atoms with E-state index in [-0.39, 0.29) is 0 Å². The molecule has 26 rings (SSSR count). The average molecular weight is 1590 g/mol. The number of nitrogens with zero attached hydrogens (tertiary/aromatic N) is 4. The van der Waals surface area contributed by atoms with E-state index in [2.05, 4.69) is 474 Å². The lowest BCUT2D eigenvalue weighted by Gasteiger charge is -2.18. The van der Waals surface area contributed by atoms with Crippen molar-refractivity contribution in [3.63, 3.8) is 0 Å². The predicted molar refractivity (Wildman–Crippen MR) is 533 cm³/mol. The molecule has 22 aromatic carbocycles. The van der Waals surface area contributed by atoms with Gasteiger partial charge < -0.3 is 13.7 Å². The zero-order valence-corrected chi connectivity index (χ0v) is 68.3. The normalized spacial score (nSPS) is 11.7. The molecule has 0 aliphatic rings. The van der Waals surface area contributed by atoms with Crippen molar-refractivity contribution < 1.29 is 0 Å². The molecule has 0 unspecified atom stereocenters. The Kier molecular flexibility index (Phi) is 17.6. The van der Waals surface area contributed by atoms with Gasteiger partial charge in [0.2, 0.25) is 0 Å². The zero-order chi connectivity index (χ0) is 82.4. The molecule has 0 N–H and O–H groups in total. The van der Waals surface area contributed by atoms with Crippen molar-refractivity contribution >= 4 is 152 Å². The van der Waals surface area contributed by atoms with Gasteiger partial charge >= 0.3 is 0 Å². The van der Waals surface area contributed by atoms with Crippen molar-refractivity contribution in [3.05, 3.63) is 473 Å². The number of aromatic nitrogens is 4. The van der Waals surface area contributed by atoms with Gasteiger partial charge in [-0.05, 0) is 232 Å². The van der Waals surface area contributed by atoms with Gasteiger partial charge in [-0.2, -0.15) is 0 Å². The van der Waals surface area contributed by atoms with Crippen LogP contribution in [0.5, 0.6) is 0 Å². The van der Waals surface area contributed by atoms with Crippen LogP contribution in [-0.4, -0.2) is 18.7 Å². The van der Waals surface area contributed by atoms with Crippen molar-refractivity contribution in [1.82, 2.24) is 18.7 Å². The highest BCUT2D eigenvalue weighted by atomic mass is 15.0. The molecule has 582 valence electrons. The maximum Gasteiger partial charge on any atom is 0.0645 e. The topological polar surface area (TPSA) is 27.7 Å². The third-order valence-corrected chi connectivity index (χ3v) is 25.8. The molecule has 0 bridgehead atoms. The fraction of sp³-hybridized carbons (Fsp3) is 0. The predicted octanol–water partition coefficient (Wildman–Crippen LogP) is 33.0. The van der Waals surface area contributed by atoms with Crippen LogP contribution in [-0.2, 0) is 0 Å². The number of fused-ring (bicyclic) bond motifs is 17. The summed E-state index contributed by atoms with van der Waals surface area (Å²) in [5, 5.41) is 27.9. The summed E-state index contributed by atoms with van der Waals surface area (Å²) < 4.78 is 7.16. The number of hydrogen-bond donors (Lipinski definition) is 0. The number of benzene rings is 22. The smallest absolute Gasteiger partial charge is 0.0645 e. The number of rotatable bonds is 9. The Bertz CT molecular complexity index is 8600. The third-order valence-electron chi connectivity index (χ3n) is 25.8. The lowest BCUT2D eigenvalue weighted by atomic mass is 9.86. The summed E-state index contributed by atoms with van der Waals surface area (Å²) in [5.74, 6) is 0. The first kappa shape index (κ1) is 72.5.